The molecule has 3 aliphatic heterocycles. The molecule has 47 heavy (non-hydrogen) atoms. The lowest BCUT2D eigenvalue weighted by molar-refractivity contribution is -0.143. The number of piperazine rings is 1. The first-order chi connectivity index (χ1) is 22.7. The molecule has 2 bridgehead atoms. The second-order valence-corrected chi connectivity index (χ2v) is 13.9. The SMILES string of the molecule is COC(=O)C1=C(CC(=O)N2CCN(C3C4CCC3CN(Cc3ccccc3)C4)CC2)N=C(C)C(C(=O)OC)C1c1c(Cl)cccc1Cl. The van der Waals surface area contributed by atoms with Crippen molar-refractivity contribution in [3.05, 3.63) is 81.0 Å². The zero-order valence-corrected chi connectivity index (χ0v) is 28.7. The maximum atomic E-state index is 13.8. The number of nitrogens with zero attached hydrogens (tertiary/aromatic N) is 4. The van der Waals surface area contributed by atoms with Crippen LogP contribution in [0.25, 0.3) is 0 Å². The highest BCUT2D eigenvalue weighted by molar-refractivity contribution is 6.36. The van der Waals surface area contributed by atoms with E-state index < -0.39 is 23.8 Å². The van der Waals surface area contributed by atoms with Crippen molar-refractivity contribution in [2.45, 2.75) is 44.7 Å². The van der Waals surface area contributed by atoms with Crippen LogP contribution in [0.1, 0.15) is 43.2 Å². The van der Waals surface area contributed by atoms with Crippen LogP contribution in [0.15, 0.2) is 64.8 Å². The van der Waals surface area contributed by atoms with E-state index in [0.717, 1.165) is 32.7 Å². The number of benzene rings is 2. The van der Waals surface area contributed by atoms with Crippen molar-refractivity contribution in [3.63, 3.8) is 0 Å². The van der Waals surface area contributed by atoms with Crippen LogP contribution in [-0.2, 0) is 30.4 Å². The molecule has 0 N–H and O–H groups in total. The summed E-state index contributed by atoms with van der Waals surface area (Å²) in [5.74, 6) is -2.03. The molecule has 6 rings (SSSR count). The molecule has 9 nitrogen and oxygen atoms in total. The maximum absolute atomic E-state index is 13.8. The minimum absolute atomic E-state index is 0.0920. The van der Waals surface area contributed by atoms with Gasteiger partial charge in [-0.05, 0) is 54.9 Å². The molecule has 11 heteroatoms. The molecular formula is C36H42Cl2N4O5. The van der Waals surface area contributed by atoms with Gasteiger partial charge in [0.1, 0.15) is 5.92 Å². The van der Waals surface area contributed by atoms with E-state index in [4.69, 9.17) is 32.7 Å². The molecule has 2 aromatic rings. The number of rotatable bonds is 8. The highest BCUT2D eigenvalue weighted by Crippen LogP contribution is 2.46. The molecule has 250 valence electrons. The van der Waals surface area contributed by atoms with Gasteiger partial charge in [-0.3, -0.25) is 24.4 Å². The fourth-order valence-corrected chi connectivity index (χ4v) is 8.99. The van der Waals surface area contributed by atoms with Gasteiger partial charge in [-0.15, -0.1) is 0 Å². The lowest BCUT2D eigenvalue weighted by Crippen LogP contribution is -2.58. The second-order valence-electron chi connectivity index (χ2n) is 13.1. The number of methoxy groups -OCH3 is 2. The summed E-state index contributed by atoms with van der Waals surface area (Å²) in [4.78, 5) is 52.0. The number of amides is 1. The van der Waals surface area contributed by atoms with Crippen LogP contribution in [0, 0.1) is 17.8 Å². The van der Waals surface area contributed by atoms with E-state index in [9.17, 15) is 14.4 Å². The first kappa shape index (κ1) is 33.7. The fraction of sp³-hybridized carbons (Fsp3) is 0.500. The van der Waals surface area contributed by atoms with Crippen molar-refractivity contribution in [2.75, 3.05) is 53.5 Å². The smallest absolute Gasteiger partial charge is 0.336 e. The van der Waals surface area contributed by atoms with Crippen LogP contribution >= 0.6 is 23.2 Å². The lowest BCUT2D eigenvalue weighted by atomic mass is 9.75. The Hall–Kier alpha value is -3.24. The molecule has 1 amide bonds. The number of carbonyl (C=O) groups is 3. The Labute approximate surface area is 286 Å². The van der Waals surface area contributed by atoms with Crippen molar-refractivity contribution in [1.82, 2.24) is 14.7 Å². The van der Waals surface area contributed by atoms with Gasteiger partial charge >= 0.3 is 11.9 Å². The predicted octanol–water partition coefficient (Wildman–Crippen LogP) is 5.21. The molecule has 0 aromatic heterocycles. The Bertz CT molecular complexity index is 1540. The van der Waals surface area contributed by atoms with Gasteiger partial charge in [-0.2, -0.15) is 0 Å². The summed E-state index contributed by atoms with van der Waals surface area (Å²) in [6.07, 6.45) is 2.40. The standard InChI is InChI=1S/C36H42Cl2N4O5/c1-22-30(35(44)46-2)33(31-26(37)10-7-11-27(31)38)32(36(45)47-3)28(39-22)18-29(43)41-14-16-42(17-15-41)34-24-12-13-25(34)21-40(20-24)19-23-8-5-4-6-9-23/h4-11,24-25,30,33-34H,12-21H2,1-3H3. The van der Waals surface area contributed by atoms with E-state index in [1.807, 2.05) is 4.90 Å². The van der Waals surface area contributed by atoms with Crippen LogP contribution in [-0.4, -0.2) is 97.8 Å². The van der Waals surface area contributed by atoms with E-state index >= 15 is 0 Å². The lowest BCUT2D eigenvalue weighted by Gasteiger charge is -2.46. The highest BCUT2D eigenvalue weighted by atomic mass is 35.5. The average Bonchev–Trinajstić information content (AvgIpc) is 3.34. The number of likely N-dealkylation sites (tertiary alicyclic amines) is 1. The predicted molar refractivity (Wildman–Crippen MR) is 181 cm³/mol. The van der Waals surface area contributed by atoms with Crippen LogP contribution < -0.4 is 0 Å². The molecule has 0 radical (unpaired) electrons. The third-order valence-corrected chi connectivity index (χ3v) is 11.1. The summed E-state index contributed by atoms with van der Waals surface area (Å²) >= 11 is 13.3. The molecule has 2 saturated heterocycles. The van der Waals surface area contributed by atoms with E-state index in [2.05, 4.69) is 45.1 Å². The number of piperidine rings is 1. The maximum Gasteiger partial charge on any atom is 0.336 e. The number of hydrogen-bond acceptors (Lipinski definition) is 8. The Morgan fingerprint density at radius 2 is 1.51 bits per heavy atom. The normalized spacial score (nSPS) is 26.6. The molecule has 4 atom stereocenters. The number of aliphatic imine (C=N–C) groups is 1. The first-order valence-electron chi connectivity index (χ1n) is 16.4. The van der Waals surface area contributed by atoms with Gasteiger partial charge in [-0.1, -0.05) is 59.6 Å². The third-order valence-electron chi connectivity index (χ3n) is 10.4. The molecule has 0 spiro atoms. The molecule has 3 heterocycles. The Morgan fingerprint density at radius 1 is 0.872 bits per heavy atom. The van der Waals surface area contributed by atoms with E-state index in [1.54, 1.807) is 25.1 Å². The zero-order valence-electron chi connectivity index (χ0n) is 27.2. The number of ether oxygens (including phenoxy) is 2. The van der Waals surface area contributed by atoms with E-state index in [-0.39, 0.29) is 33.6 Å². The van der Waals surface area contributed by atoms with Crippen molar-refractivity contribution in [1.29, 1.82) is 0 Å². The van der Waals surface area contributed by atoms with Crippen LogP contribution in [0.3, 0.4) is 0 Å². The van der Waals surface area contributed by atoms with Gasteiger partial charge in [0.05, 0.1) is 31.9 Å². The Kier molecular flexibility index (Phi) is 10.4. The van der Waals surface area contributed by atoms with E-state index in [1.165, 1.54) is 32.6 Å². The van der Waals surface area contributed by atoms with Gasteiger partial charge in [-0.25, -0.2) is 4.79 Å². The van der Waals surface area contributed by atoms with Crippen LogP contribution in [0.4, 0.5) is 0 Å². The molecule has 3 fully saturated rings. The number of carbonyl (C=O) groups excluding carboxylic acids is 3. The van der Waals surface area contributed by atoms with Crippen LogP contribution in [0.5, 0.6) is 0 Å². The minimum Gasteiger partial charge on any atom is -0.468 e. The van der Waals surface area contributed by atoms with Crippen LogP contribution in [0.2, 0.25) is 10.0 Å². The molecule has 1 saturated carbocycles. The summed E-state index contributed by atoms with van der Waals surface area (Å²) in [5, 5.41) is 0.573. The van der Waals surface area contributed by atoms with Gasteiger partial charge in [0.15, 0.2) is 0 Å². The fourth-order valence-electron chi connectivity index (χ4n) is 8.35. The summed E-state index contributed by atoms with van der Waals surface area (Å²) in [6.45, 7) is 7.76. The Balaban J connectivity index is 1.17. The average molecular weight is 682 g/mol. The van der Waals surface area contributed by atoms with Crippen molar-refractivity contribution in [2.24, 2.45) is 22.7 Å². The molecular weight excluding hydrogens is 639 g/mol. The number of fused-ring (bicyclic) bond motifs is 2. The Morgan fingerprint density at radius 3 is 2.11 bits per heavy atom. The largest absolute Gasteiger partial charge is 0.468 e. The molecule has 2 aromatic carbocycles. The highest BCUT2D eigenvalue weighted by Gasteiger charge is 2.47. The summed E-state index contributed by atoms with van der Waals surface area (Å²) < 4.78 is 10.3. The van der Waals surface area contributed by atoms with Crippen molar-refractivity contribution < 1.29 is 23.9 Å². The van der Waals surface area contributed by atoms with Crippen molar-refractivity contribution >= 4 is 46.8 Å². The van der Waals surface area contributed by atoms with Gasteiger partial charge in [0.25, 0.3) is 0 Å². The van der Waals surface area contributed by atoms with Gasteiger partial charge < -0.3 is 14.4 Å². The monoisotopic (exact) mass is 680 g/mol. The first-order valence-corrected chi connectivity index (χ1v) is 17.1. The third kappa shape index (κ3) is 6.86. The number of halogens is 2. The van der Waals surface area contributed by atoms with Gasteiger partial charge in [0.2, 0.25) is 5.91 Å². The summed E-state index contributed by atoms with van der Waals surface area (Å²) in [6, 6.07) is 16.2. The molecule has 4 aliphatic rings. The minimum atomic E-state index is -0.969. The number of esters is 2. The molecule has 1 aliphatic carbocycles. The summed E-state index contributed by atoms with van der Waals surface area (Å²) in [5.41, 5.74) is 2.51. The van der Waals surface area contributed by atoms with Gasteiger partial charge in [0, 0.05) is 73.5 Å². The summed E-state index contributed by atoms with van der Waals surface area (Å²) in [7, 11) is 2.54. The zero-order chi connectivity index (χ0) is 33.2. The van der Waals surface area contributed by atoms with E-state index in [0.29, 0.717) is 42.2 Å². The second kappa shape index (κ2) is 14.5. The quantitative estimate of drug-likeness (QED) is 0.354. The molecule has 4 unspecified atom stereocenters. The topological polar surface area (TPSA) is 91.8 Å². The van der Waals surface area contributed by atoms with Crippen molar-refractivity contribution in [3.8, 4) is 0 Å². The number of hydrogen-bond donors (Lipinski definition) is 0.